The molecule has 0 spiro atoms. The first-order valence-electron chi connectivity index (χ1n) is 21.8. The van der Waals surface area contributed by atoms with E-state index in [0.29, 0.717) is 68.8 Å². The summed E-state index contributed by atoms with van der Waals surface area (Å²) in [6.07, 6.45) is 11.1. The first-order chi connectivity index (χ1) is 30.1. The zero-order valence-electron chi connectivity index (χ0n) is 35.7. The number of anilines is 1. The molecule has 2 aromatic carbocycles. The van der Waals surface area contributed by atoms with E-state index in [-0.39, 0.29) is 62.6 Å². The number of hydrogen-bond donors (Lipinski definition) is 4. The molecule has 0 saturated carbocycles. The van der Waals surface area contributed by atoms with Crippen molar-refractivity contribution in [2.45, 2.75) is 84.8 Å². The average molecular weight is 839 g/mol. The number of aliphatic imine (C=N–C) groups is 1. The Morgan fingerprint density at radius 2 is 1.39 bits per heavy atom. The Morgan fingerprint density at radius 1 is 0.790 bits per heavy atom. The molecule has 8 rings (SSSR count). The minimum atomic E-state index is -1.36. The number of hydrogen-bond acceptors (Lipinski definition) is 9. The molecule has 0 radical (unpaired) electrons. The molecule has 1 amide bonds. The second kappa shape index (κ2) is 19.9. The number of amides is 1. The van der Waals surface area contributed by atoms with E-state index in [0.717, 1.165) is 49.2 Å². The summed E-state index contributed by atoms with van der Waals surface area (Å²) in [5.74, 6) is -1.96. The molecule has 1 aliphatic rings. The van der Waals surface area contributed by atoms with Gasteiger partial charge in [-0.05, 0) is 80.1 Å². The van der Waals surface area contributed by atoms with Crippen LogP contribution in [0, 0.1) is 0 Å². The van der Waals surface area contributed by atoms with Crippen LogP contribution in [0.1, 0.15) is 108 Å². The van der Waals surface area contributed by atoms with E-state index in [1.807, 2.05) is 68.4 Å². The molecule has 322 valence electrons. The third kappa shape index (κ3) is 9.50. The number of fused-ring (bicyclic) bond motifs is 3. The fourth-order valence-electron chi connectivity index (χ4n) is 8.92. The largest absolute Gasteiger partial charge is 0.478 e. The molecule has 5 N–H and O–H groups in total. The van der Waals surface area contributed by atoms with Crippen LogP contribution in [0.25, 0.3) is 21.5 Å². The van der Waals surface area contributed by atoms with Crippen LogP contribution in [0.2, 0.25) is 0 Å². The van der Waals surface area contributed by atoms with Gasteiger partial charge in [-0.25, -0.2) is 4.79 Å². The lowest BCUT2D eigenvalue weighted by Crippen LogP contribution is -2.48. The van der Waals surface area contributed by atoms with Crippen molar-refractivity contribution < 1.29 is 19.2 Å². The molecule has 0 unspecified atom stereocenters. The van der Waals surface area contributed by atoms with Crippen molar-refractivity contribution in [3.05, 3.63) is 139 Å². The maximum absolute atomic E-state index is 14.8. The Kier molecular flexibility index (Phi) is 14.0. The molecular weight excluding hydrogens is 783 g/mol. The van der Waals surface area contributed by atoms with E-state index in [1.165, 1.54) is 0 Å². The van der Waals surface area contributed by atoms with Crippen LogP contribution in [0.3, 0.4) is 0 Å². The minimum absolute atomic E-state index is 0.0382. The Morgan fingerprint density at radius 3 is 1.92 bits per heavy atom. The summed E-state index contributed by atoms with van der Waals surface area (Å²) in [7, 11) is 0. The maximum atomic E-state index is 14.8. The highest BCUT2D eigenvalue weighted by Gasteiger charge is 2.37. The number of carbonyl (C=O) groups is 2. The average Bonchev–Trinajstić information content (AvgIpc) is 3.47. The lowest BCUT2D eigenvalue weighted by atomic mass is 9.83. The number of carbonyl (C=O) groups excluding carboxylic acids is 1. The van der Waals surface area contributed by atoms with E-state index in [2.05, 4.69) is 15.2 Å². The van der Waals surface area contributed by atoms with Crippen molar-refractivity contribution in [2.75, 3.05) is 37.6 Å². The van der Waals surface area contributed by atoms with Gasteiger partial charge in [-0.15, -0.1) is 0 Å². The molecule has 14 nitrogen and oxygen atoms in total. The van der Waals surface area contributed by atoms with Crippen LogP contribution >= 0.6 is 0 Å². The molecule has 1 fully saturated rings. The van der Waals surface area contributed by atoms with E-state index in [1.54, 1.807) is 24.7 Å². The fourth-order valence-corrected chi connectivity index (χ4v) is 8.92. The first kappa shape index (κ1) is 43.5. The van der Waals surface area contributed by atoms with Gasteiger partial charge in [-0.1, -0.05) is 44.9 Å². The summed E-state index contributed by atoms with van der Waals surface area (Å²) in [5, 5.41) is 15.0. The van der Waals surface area contributed by atoms with Gasteiger partial charge in [0.2, 0.25) is 0 Å². The van der Waals surface area contributed by atoms with E-state index in [9.17, 15) is 24.3 Å². The van der Waals surface area contributed by atoms with Gasteiger partial charge in [0.1, 0.15) is 25.5 Å². The number of quaternary nitrogens is 1. The molecule has 1 aliphatic heterocycles. The van der Waals surface area contributed by atoms with Crippen molar-refractivity contribution in [1.29, 1.82) is 0 Å². The van der Waals surface area contributed by atoms with E-state index < -0.39 is 23.0 Å². The van der Waals surface area contributed by atoms with Gasteiger partial charge in [0, 0.05) is 67.5 Å². The maximum Gasteiger partial charge on any atom is 0.336 e. The van der Waals surface area contributed by atoms with Gasteiger partial charge in [0.15, 0.2) is 0 Å². The quantitative estimate of drug-likeness (QED) is 0.0309. The van der Waals surface area contributed by atoms with Gasteiger partial charge in [0.25, 0.3) is 17.0 Å². The Bertz CT molecular complexity index is 2550. The molecule has 14 heteroatoms. The lowest BCUT2D eigenvalue weighted by molar-refractivity contribution is -0.966. The predicted molar refractivity (Wildman–Crippen MR) is 243 cm³/mol. The van der Waals surface area contributed by atoms with Crippen molar-refractivity contribution in [3.63, 3.8) is 0 Å². The second-order valence-corrected chi connectivity index (χ2v) is 16.3. The smallest absolute Gasteiger partial charge is 0.336 e. The van der Waals surface area contributed by atoms with Crippen LogP contribution in [-0.4, -0.2) is 80.0 Å². The number of amidine groups is 1. The topological polar surface area (TPSA) is 197 Å². The fraction of sp³-hybridized carbons (Fsp3) is 0.375. The monoisotopic (exact) mass is 838 g/mol. The highest BCUT2D eigenvalue weighted by molar-refractivity contribution is 6.30. The van der Waals surface area contributed by atoms with Gasteiger partial charge in [-0.3, -0.25) is 39.3 Å². The number of pyridine rings is 3. The number of carboxylic acid groups (broad SMARTS) is 1. The molecule has 0 aliphatic carbocycles. The molecule has 1 saturated heterocycles. The summed E-state index contributed by atoms with van der Waals surface area (Å²) < 4.78 is 0.303. The van der Waals surface area contributed by atoms with Crippen LogP contribution in [0.15, 0.2) is 93.8 Å². The summed E-state index contributed by atoms with van der Waals surface area (Å²) >= 11 is 0. The molecule has 0 atom stereocenters. The number of nitrogens with zero attached hydrogens (tertiary/aromatic N) is 6. The number of benzene rings is 2. The highest BCUT2D eigenvalue weighted by Crippen LogP contribution is 2.41. The van der Waals surface area contributed by atoms with Crippen LogP contribution in [-0.2, 0) is 26.1 Å². The van der Waals surface area contributed by atoms with Crippen LogP contribution in [0.5, 0.6) is 0 Å². The predicted octanol–water partition coefficient (Wildman–Crippen LogP) is 6.35. The van der Waals surface area contributed by atoms with Gasteiger partial charge in [-0.2, -0.15) is 0 Å². The summed E-state index contributed by atoms with van der Waals surface area (Å²) in [6.45, 7) is 7.52. The summed E-state index contributed by atoms with van der Waals surface area (Å²) in [4.78, 5) is 81.2. The van der Waals surface area contributed by atoms with Crippen molar-refractivity contribution in [3.8, 4) is 0 Å². The normalized spacial score (nSPS) is 13.5. The molecule has 2 bridgehead atoms. The van der Waals surface area contributed by atoms with Crippen LogP contribution < -0.4 is 27.1 Å². The number of nitrogens with two attached hydrogens (primary N) is 1. The number of aromatic amines is 1. The molecule has 62 heavy (non-hydrogen) atoms. The third-order valence-corrected chi connectivity index (χ3v) is 11.9. The molecule has 6 heterocycles. The number of H-pyrrole nitrogens is 1. The molecule has 7 aromatic rings. The van der Waals surface area contributed by atoms with E-state index in [4.69, 9.17) is 25.7 Å². The zero-order valence-corrected chi connectivity index (χ0v) is 35.7. The zero-order chi connectivity index (χ0) is 43.6. The standard InChI is InChI=1S/C48H55N9O5/c1-3-5-20-53-44(49)39-35(19-27-57(29-32-16-8-11-22-50-32,30-33-17-9-12-23-51-33)31-34-18-10-13-24-52-34)40(48(61)62)43(46(59)54-21-6-4-2)42-38(39)36-28-37(56-25-14-7-15-26-56)41(42)47(60)55-45(36)58/h8-13,16-18,22-24,28H,3-7,14-15,19-21,25-27,29-31H2,1-2H3,(H4-,49,53,54,55,58,59,60,61,62)/p+1. The number of rotatable bonds is 19. The molecule has 5 aromatic heterocycles. The van der Waals surface area contributed by atoms with Gasteiger partial charge < -0.3 is 25.5 Å². The van der Waals surface area contributed by atoms with Crippen LogP contribution in [0.4, 0.5) is 5.69 Å². The van der Waals surface area contributed by atoms with Crippen molar-refractivity contribution in [2.24, 2.45) is 10.7 Å². The van der Waals surface area contributed by atoms with E-state index >= 15 is 0 Å². The Labute approximate surface area is 360 Å². The Balaban J connectivity index is 1.57. The number of carboxylic acids is 1. The third-order valence-electron chi connectivity index (χ3n) is 11.9. The van der Waals surface area contributed by atoms with Crippen molar-refractivity contribution >= 4 is 44.9 Å². The van der Waals surface area contributed by atoms with Crippen molar-refractivity contribution in [1.82, 2.24) is 25.3 Å². The lowest BCUT2D eigenvalue weighted by Gasteiger charge is -2.38. The highest BCUT2D eigenvalue weighted by atomic mass is 16.4. The first-order valence-corrected chi connectivity index (χ1v) is 21.8. The number of aromatic carboxylic acids is 1. The minimum Gasteiger partial charge on any atom is -0.478 e. The summed E-state index contributed by atoms with van der Waals surface area (Å²) in [5.41, 5.74) is 8.70. The SMILES string of the molecule is CCCCN=C(N)c1c(CC[N+](Cc2ccccn2)(Cc2ccccn2)Cc2ccccn2)c(C(=O)O)c(C(=O)NCCCC)c2c3c(N4CCCCC4)cc(c(=O)[nH]c3=O)c12. The second-order valence-electron chi connectivity index (χ2n) is 16.3. The summed E-state index contributed by atoms with van der Waals surface area (Å²) in [6, 6.07) is 19.0. The van der Waals surface area contributed by atoms with Gasteiger partial charge >= 0.3 is 5.97 Å². The molecular formula is C48H56N9O5+. The number of nitrogens with one attached hydrogen (secondary N) is 2. The number of unbranched alkanes of at least 4 members (excludes halogenated alkanes) is 2. The Hall–Kier alpha value is -6.54. The van der Waals surface area contributed by atoms with Gasteiger partial charge in [0.05, 0.1) is 51.2 Å². The number of aromatic nitrogens is 4. The number of piperidine rings is 1.